The van der Waals surface area contributed by atoms with Gasteiger partial charge >= 0.3 is 0 Å². The lowest BCUT2D eigenvalue weighted by Gasteiger charge is -2.15. The lowest BCUT2D eigenvalue weighted by Crippen LogP contribution is -2.26. The molecule has 1 unspecified atom stereocenters. The molecule has 0 saturated carbocycles. The standard InChI is InChI=1S/C17H23NO3/c1-13(6-8-15-5-4-10-21-15)18-12-14-7-9-16(19-2)11-17(14)20-3/h4-5,7,9-11,13,18H,6,8,12H2,1-3H3. The first-order chi connectivity index (χ1) is 10.2. The van der Waals surface area contributed by atoms with Crippen LogP contribution in [0.25, 0.3) is 0 Å². The van der Waals surface area contributed by atoms with Gasteiger partial charge in [0.1, 0.15) is 17.3 Å². The number of aryl methyl sites for hydroxylation is 1. The maximum absolute atomic E-state index is 5.40. The van der Waals surface area contributed by atoms with E-state index in [1.54, 1.807) is 20.5 Å². The minimum Gasteiger partial charge on any atom is -0.497 e. The highest BCUT2D eigenvalue weighted by Crippen LogP contribution is 2.24. The molecule has 0 radical (unpaired) electrons. The van der Waals surface area contributed by atoms with Crippen LogP contribution in [0.5, 0.6) is 11.5 Å². The zero-order valence-electron chi connectivity index (χ0n) is 12.9. The summed E-state index contributed by atoms with van der Waals surface area (Å²) in [6, 6.07) is 10.2. The van der Waals surface area contributed by atoms with Gasteiger partial charge in [0.25, 0.3) is 0 Å². The molecule has 0 aliphatic heterocycles. The molecule has 1 aromatic carbocycles. The first kappa shape index (κ1) is 15.4. The quantitative estimate of drug-likeness (QED) is 0.809. The molecule has 21 heavy (non-hydrogen) atoms. The van der Waals surface area contributed by atoms with Gasteiger partial charge in [-0.05, 0) is 31.5 Å². The van der Waals surface area contributed by atoms with Gasteiger partial charge in [0.2, 0.25) is 0 Å². The molecule has 0 aliphatic rings. The van der Waals surface area contributed by atoms with Gasteiger partial charge in [-0.15, -0.1) is 0 Å². The zero-order valence-corrected chi connectivity index (χ0v) is 12.9. The van der Waals surface area contributed by atoms with Crippen LogP contribution in [0.15, 0.2) is 41.0 Å². The van der Waals surface area contributed by atoms with Gasteiger partial charge in [-0.2, -0.15) is 0 Å². The average molecular weight is 289 g/mol. The summed E-state index contributed by atoms with van der Waals surface area (Å²) < 4.78 is 16.0. The van der Waals surface area contributed by atoms with E-state index in [-0.39, 0.29) is 0 Å². The maximum atomic E-state index is 5.40. The van der Waals surface area contributed by atoms with Crippen LogP contribution in [0.1, 0.15) is 24.7 Å². The normalized spacial score (nSPS) is 12.1. The maximum Gasteiger partial charge on any atom is 0.127 e. The predicted molar refractivity (Wildman–Crippen MR) is 82.9 cm³/mol. The number of nitrogens with one attached hydrogen (secondary N) is 1. The first-order valence-corrected chi connectivity index (χ1v) is 7.19. The minimum absolute atomic E-state index is 0.405. The van der Waals surface area contributed by atoms with E-state index in [1.807, 2.05) is 30.3 Å². The van der Waals surface area contributed by atoms with Crippen molar-refractivity contribution < 1.29 is 13.9 Å². The van der Waals surface area contributed by atoms with Crippen LogP contribution in [0.3, 0.4) is 0 Å². The molecule has 0 amide bonds. The molecular weight excluding hydrogens is 266 g/mol. The topological polar surface area (TPSA) is 43.6 Å². The van der Waals surface area contributed by atoms with E-state index in [0.717, 1.165) is 42.2 Å². The molecular formula is C17H23NO3. The Morgan fingerprint density at radius 2 is 2.05 bits per heavy atom. The van der Waals surface area contributed by atoms with E-state index >= 15 is 0 Å². The van der Waals surface area contributed by atoms with Gasteiger partial charge in [0.15, 0.2) is 0 Å². The lowest BCUT2D eigenvalue weighted by molar-refractivity contribution is 0.387. The Kier molecular flexibility index (Phi) is 5.69. The van der Waals surface area contributed by atoms with Crippen LogP contribution >= 0.6 is 0 Å². The van der Waals surface area contributed by atoms with E-state index in [9.17, 15) is 0 Å². The van der Waals surface area contributed by atoms with Crippen molar-refractivity contribution in [2.45, 2.75) is 32.4 Å². The van der Waals surface area contributed by atoms with Crippen molar-refractivity contribution in [3.63, 3.8) is 0 Å². The first-order valence-electron chi connectivity index (χ1n) is 7.19. The van der Waals surface area contributed by atoms with Crippen molar-refractivity contribution >= 4 is 0 Å². The second-order valence-electron chi connectivity index (χ2n) is 5.08. The van der Waals surface area contributed by atoms with E-state index < -0.39 is 0 Å². The van der Waals surface area contributed by atoms with Gasteiger partial charge in [0, 0.05) is 30.6 Å². The van der Waals surface area contributed by atoms with Gasteiger partial charge in [-0.1, -0.05) is 6.07 Å². The summed E-state index contributed by atoms with van der Waals surface area (Å²) in [6.45, 7) is 2.95. The summed E-state index contributed by atoms with van der Waals surface area (Å²) in [5.41, 5.74) is 1.13. The molecule has 0 aliphatic carbocycles. The van der Waals surface area contributed by atoms with E-state index in [2.05, 4.69) is 12.2 Å². The van der Waals surface area contributed by atoms with Crippen molar-refractivity contribution in [1.29, 1.82) is 0 Å². The highest BCUT2D eigenvalue weighted by molar-refractivity contribution is 5.40. The minimum atomic E-state index is 0.405. The SMILES string of the molecule is COc1ccc(CNC(C)CCc2ccco2)c(OC)c1. The summed E-state index contributed by atoms with van der Waals surface area (Å²) in [5, 5.41) is 3.51. The predicted octanol–water partition coefficient (Wildman–Crippen LogP) is 3.41. The van der Waals surface area contributed by atoms with Crippen molar-refractivity contribution in [3.05, 3.63) is 47.9 Å². The molecule has 1 N–H and O–H groups in total. The summed E-state index contributed by atoms with van der Waals surface area (Å²) >= 11 is 0. The Balaban J connectivity index is 1.84. The monoisotopic (exact) mass is 289 g/mol. The average Bonchev–Trinajstić information content (AvgIpc) is 3.04. The van der Waals surface area contributed by atoms with Gasteiger partial charge < -0.3 is 19.2 Å². The van der Waals surface area contributed by atoms with Gasteiger partial charge in [-0.3, -0.25) is 0 Å². The lowest BCUT2D eigenvalue weighted by atomic mass is 10.1. The molecule has 0 spiro atoms. The van der Waals surface area contributed by atoms with Crippen LogP contribution in [-0.2, 0) is 13.0 Å². The molecule has 1 heterocycles. The number of methoxy groups -OCH3 is 2. The largest absolute Gasteiger partial charge is 0.497 e. The van der Waals surface area contributed by atoms with Crippen LogP contribution in [0.2, 0.25) is 0 Å². The highest BCUT2D eigenvalue weighted by Gasteiger charge is 2.08. The Bertz CT molecular complexity index is 537. The molecule has 2 rings (SSSR count). The van der Waals surface area contributed by atoms with Crippen LogP contribution in [0, 0.1) is 0 Å². The molecule has 4 heteroatoms. The van der Waals surface area contributed by atoms with Gasteiger partial charge in [-0.25, -0.2) is 0 Å². The second kappa shape index (κ2) is 7.74. The van der Waals surface area contributed by atoms with Crippen LogP contribution in [-0.4, -0.2) is 20.3 Å². The van der Waals surface area contributed by atoms with E-state index in [1.165, 1.54) is 0 Å². The zero-order chi connectivity index (χ0) is 15.1. The Hall–Kier alpha value is -1.94. The number of hydrogen-bond donors (Lipinski definition) is 1. The molecule has 0 bridgehead atoms. The van der Waals surface area contributed by atoms with E-state index in [0.29, 0.717) is 6.04 Å². The fourth-order valence-electron chi connectivity index (χ4n) is 2.20. The molecule has 1 aromatic heterocycles. The molecule has 114 valence electrons. The second-order valence-corrected chi connectivity index (χ2v) is 5.08. The van der Waals surface area contributed by atoms with Crippen molar-refractivity contribution in [2.24, 2.45) is 0 Å². The van der Waals surface area contributed by atoms with Crippen molar-refractivity contribution in [2.75, 3.05) is 14.2 Å². The Labute approximate surface area is 126 Å². The summed E-state index contributed by atoms with van der Waals surface area (Å²) in [4.78, 5) is 0. The number of hydrogen-bond acceptors (Lipinski definition) is 4. The van der Waals surface area contributed by atoms with Gasteiger partial charge in [0.05, 0.1) is 20.5 Å². The number of benzene rings is 1. The third kappa shape index (κ3) is 4.53. The third-order valence-corrected chi connectivity index (χ3v) is 3.54. The van der Waals surface area contributed by atoms with E-state index in [4.69, 9.17) is 13.9 Å². The number of ether oxygens (including phenoxy) is 2. The Morgan fingerprint density at radius 1 is 1.19 bits per heavy atom. The molecule has 2 aromatic rings. The molecule has 0 saturated heterocycles. The number of rotatable bonds is 8. The summed E-state index contributed by atoms with van der Waals surface area (Å²) in [7, 11) is 3.34. The third-order valence-electron chi connectivity index (χ3n) is 3.54. The molecule has 1 atom stereocenters. The smallest absolute Gasteiger partial charge is 0.127 e. The number of furan rings is 1. The molecule has 0 fully saturated rings. The summed E-state index contributed by atoms with van der Waals surface area (Å²) in [5.74, 6) is 2.69. The van der Waals surface area contributed by atoms with Crippen molar-refractivity contribution in [3.8, 4) is 11.5 Å². The summed E-state index contributed by atoms with van der Waals surface area (Å²) in [6.07, 6.45) is 3.70. The fourth-order valence-corrected chi connectivity index (χ4v) is 2.20. The van der Waals surface area contributed by atoms with Crippen molar-refractivity contribution in [1.82, 2.24) is 5.32 Å². The molecule has 4 nitrogen and oxygen atoms in total. The Morgan fingerprint density at radius 3 is 2.71 bits per heavy atom. The van der Waals surface area contributed by atoms with Crippen LogP contribution in [0.4, 0.5) is 0 Å². The highest BCUT2D eigenvalue weighted by atomic mass is 16.5. The van der Waals surface area contributed by atoms with Crippen LogP contribution < -0.4 is 14.8 Å². The fraction of sp³-hybridized carbons (Fsp3) is 0.412.